The number of ether oxygens (including phenoxy) is 2. The molecule has 8 rings (SSSR count). The highest BCUT2D eigenvalue weighted by Crippen LogP contribution is 2.38. The van der Waals surface area contributed by atoms with Crippen molar-refractivity contribution in [3.8, 4) is 23.0 Å². The second-order valence-electron chi connectivity index (χ2n) is 17.0. The van der Waals surface area contributed by atoms with Gasteiger partial charge in [-0.25, -0.2) is 55.9 Å². The van der Waals surface area contributed by atoms with Gasteiger partial charge in [0.2, 0.25) is 0 Å². The van der Waals surface area contributed by atoms with Gasteiger partial charge < -0.3 is 9.47 Å². The number of benzene rings is 8. The number of rotatable bonds is 12. The summed E-state index contributed by atoms with van der Waals surface area (Å²) in [6, 6.07) is 61.8. The highest BCUT2D eigenvalue weighted by molar-refractivity contribution is 7.97. The largest absolute Gasteiger partial charge is 0.457 e. The first-order chi connectivity index (χ1) is 35.5. The summed E-state index contributed by atoms with van der Waals surface area (Å²) < 4.78 is 117. The van der Waals surface area contributed by atoms with Gasteiger partial charge in [0.05, 0.1) is 21.8 Å². The van der Waals surface area contributed by atoms with Crippen LogP contribution in [0.2, 0.25) is 0 Å². The maximum Gasteiger partial charge on any atom is 0.357 e. The SMILES string of the molecule is Cc1ccc([S+](c2ccc(Oc3ccc([I+]c4ccc(Oc5ccc([S+](c6ccc(C)cc6C)c6ccc(C)cc6C)cc5)cc4)cc3)cc2)c2ccc(C)cc2C)c(C)c1.[O-][Cl+3]([O-])([O-])[O-].[O-][Cl+3]([O-])([O-])[O-].[O-][Cl+3]([O-])([O-])[O-]. The number of hydrogen-bond acceptors (Lipinski definition) is 14. The highest BCUT2D eigenvalue weighted by atomic mass is 127. The van der Waals surface area contributed by atoms with Crippen molar-refractivity contribution >= 4 is 21.8 Å². The van der Waals surface area contributed by atoms with Gasteiger partial charge in [-0.05, 0) is 177 Å². The van der Waals surface area contributed by atoms with Gasteiger partial charge in [0, 0.05) is 22.3 Å². The quantitative estimate of drug-likeness (QED) is 0.0926. The molecule has 76 heavy (non-hydrogen) atoms. The molecule has 0 amide bonds. The first-order valence-corrected chi connectivity index (χ1v) is 30.8. The summed E-state index contributed by atoms with van der Waals surface area (Å²) in [4.78, 5) is 8.03. The Labute approximate surface area is 464 Å². The molecule has 0 aromatic heterocycles. The molecule has 0 spiro atoms. The molecule has 400 valence electrons. The van der Waals surface area contributed by atoms with E-state index in [0.717, 1.165) is 23.0 Å². The minimum Gasteiger partial charge on any atom is -0.457 e. The Kier molecular flexibility index (Phi) is 22.6. The summed E-state index contributed by atoms with van der Waals surface area (Å²) in [6.45, 7) is 17.6. The van der Waals surface area contributed by atoms with Crippen LogP contribution in [0.25, 0.3) is 0 Å². The molecular formula is C56H52Cl3IO14S2. The van der Waals surface area contributed by atoms with E-state index in [0.29, 0.717) is 0 Å². The summed E-state index contributed by atoms with van der Waals surface area (Å²) in [5.74, 6) is 3.36. The van der Waals surface area contributed by atoms with Gasteiger partial charge in [0.15, 0.2) is 36.5 Å². The van der Waals surface area contributed by atoms with Crippen molar-refractivity contribution in [3.63, 3.8) is 0 Å². The third-order valence-corrected chi connectivity index (χ3v) is 18.4. The molecule has 8 aromatic rings. The Hall–Kier alpha value is -4.82. The van der Waals surface area contributed by atoms with Crippen LogP contribution >= 0.6 is 0 Å². The van der Waals surface area contributed by atoms with Gasteiger partial charge in [0.1, 0.15) is 23.0 Å². The molecule has 0 radical (unpaired) electrons. The predicted octanol–water partition coefficient (Wildman–Crippen LogP) is -2.21. The highest BCUT2D eigenvalue weighted by Gasteiger charge is 2.33. The molecule has 8 aromatic carbocycles. The van der Waals surface area contributed by atoms with Gasteiger partial charge >= 0.3 is 21.2 Å². The average Bonchev–Trinajstić information content (AvgIpc) is 3.30. The van der Waals surface area contributed by atoms with E-state index in [1.54, 1.807) is 0 Å². The molecular weight excluding hydrogens is 1190 g/mol. The van der Waals surface area contributed by atoms with Crippen LogP contribution < -0.4 is 86.6 Å². The monoisotopic (exact) mass is 1240 g/mol. The average molecular weight is 1250 g/mol. The Bertz CT molecular complexity index is 2810. The predicted molar refractivity (Wildman–Crippen MR) is 251 cm³/mol. The van der Waals surface area contributed by atoms with E-state index in [-0.39, 0.29) is 43.0 Å². The fraction of sp³-hybridized carbons (Fsp3) is 0.143. The minimum absolute atomic E-state index is 0.221. The molecule has 0 saturated carbocycles. The lowest BCUT2D eigenvalue weighted by molar-refractivity contribution is -2.00. The van der Waals surface area contributed by atoms with Crippen molar-refractivity contribution in [1.29, 1.82) is 0 Å². The van der Waals surface area contributed by atoms with Gasteiger partial charge in [-0.15, -0.1) is 30.7 Å². The van der Waals surface area contributed by atoms with Crippen LogP contribution in [0.1, 0.15) is 44.5 Å². The van der Waals surface area contributed by atoms with Crippen LogP contribution in [0.4, 0.5) is 0 Å². The molecule has 0 aliphatic rings. The molecule has 0 unspecified atom stereocenters. The third kappa shape index (κ3) is 21.2. The van der Waals surface area contributed by atoms with E-state index in [1.807, 2.05) is 0 Å². The maximum atomic E-state index is 8.49. The molecule has 14 nitrogen and oxygen atoms in total. The summed E-state index contributed by atoms with van der Waals surface area (Å²) in [5, 5.41) is 0. The van der Waals surface area contributed by atoms with Crippen LogP contribution in [-0.2, 0) is 21.8 Å². The van der Waals surface area contributed by atoms with Crippen LogP contribution in [0.5, 0.6) is 23.0 Å². The van der Waals surface area contributed by atoms with Crippen LogP contribution in [0.15, 0.2) is 199 Å². The van der Waals surface area contributed by atoms with Gasteiger partial charge in [-0.1, -0.05) is 70.8 Å². The molecule has 0 N–H and O–H groups in total. The third-order valence-electron chi connectivity index (χ3n) is 10.6. The van der Waals surface area contributed by atoms with E-state index >= 15 is 0 Å². The number of aryl methyl sites for hydroxylation is 8. The summed E-state index contributed by atoms with van der Waals surface area (Å²) in [5.41, 5.74) is 10.4. The lowest BCUT2D eigenvalue weighted by Gasteiger charge is -2.17. The molecule has 0 bridgehead atoms. The second-order valence-corrected chi connectivity index (χ2v) is 26.2. The first kappa shape index (κ1) is 62.0. The number of halogens is 4. The zero-order valence-electron chi connectivity index (χ0n) is 42.2. The Balaban J connectivity index is 0.000000627. The lowest BCUT2D eigenvalue weighted by atomic mass is 10.2. The van der Waals surface area contributed by atoms with Crippen molar-refractivity contribution in [2.75, 3.05) is 0 Å². The van der Waals surface area contributed by atoms with Gasteiger partial charge in [0.25, 0.3) is 0 Å². The maximum absolute atomic E-state index is 8.49. The van der Waals surface area contributed by atoms with Crippen molar-refractivity contribution < 1.29 is 117 Å². The van der Waals surface area contributed by atoms with Crippen molar-refractivity contribution in [2.24, 2.45) is 0 Å². The van der Waals surface area contributed by atoms with E-state index in [1.165, 1.54) is 81.0 Å². The Morgan fingerprint density at radius 2 is 0.487 bits per heavy atom. The van der Waals surface area contributed by atoms with Gasteiger partial charge in [-0.2, -0.15) is 0 Å². The molecule has 0 aliphatic carbocycles. The zero-order chi connectivity index (χ0) is 56.1. The second kappa shape index (κ2) is 27.7. The first-order valence-electron chi connectivity index (χ1n) is 22.5. The molecule has 0 atom stereocenters. The topological polar surface area (TPSA) is 295 Å². The molecule has 0 heterocycles. The standard InChI is InChI=1S/C56H52IO2S2.3ClHO4/c1-37-9-29-53(41(5)33-37)60(54-30-10-38(2)34-42(54)6)51-25-21-49(22-26-51)58-47-17-13-45(14-18-47)57-46-15-19-48(20-16-46)59-50-23-27-52(28-24-50)61(55-31-11-39(3)35-43(55)7)56-32-12-40(4)36-44(56)8;3*2-1(3,4)5/h9-36H,1-8H3;3*(H,2,3,4,5)/q+3;;;/p-3. The van der Waals surface area contributed by atoms with Gasteiger partial charge in [-0.3, -0.25) is 0 Å². The smallest absolute Gasteiger partial charge is 0.357 e. The summed E-state index contributed by atoms with van der Waals surface area (Å²) in [7, 11) is -15.3. The van der Waals surface area contributed by atoms with E-state index in [4.69, 9.17) is 65.4 Å². The molecule has 20 heteroatoms. The van der Waals surface area contributed by atoms with E-state index in [2.05, 4.69) is 225 Å². The zero-order valence-corrected chi connectivity index (χ0v) is 48.3. The minimum atomic E-state index is -4.94. The van der Waals surface area contributed by atoms with Crippen LogP contribution in [0, 0.1) is 93.3 Å². The van der Waals surface area contributed by atoms with E-state index in [9.17, 15) is 0 Å². The summed E-state index contributed by atoms with van der Waals surface area (Å²) in [6.07, 6.45) is 0. The Morgan fingerprint density at radius 1 is 0.289 bits per heavy atom. The molecule has 0 fully saturated rings. The number of hydrogen-bond donors (Lipinski definition) is 0. The van der Waals surface area contributed by atoms with Crippen molar-refractivity contribution in [1.82, 2.24) is 0 Å². The van der Waals surface area contributed by atoms with Crippen LogP contribution in [-0.4, -0.2) is 0 Å². The fourth-order valence-electron chi connectivity index (χ4n) is 7.68. The lowest BCUT2D eigenvalue weighted by Crippen LogP contribution is -3.61. The summed E-state index contributed by atoms with van der Waals surface area (Å²) >= 11 is -0.361. The molecule has 0 aliphatic heterocycles. The van der Waals surface area contributed by atoms with Crippen molar-refractivity contribution in [3.05, 3.63) is 222 Å². The van der Waals surface area contributed by atoms with E-state index < -0.39 is 30.7 Å². The molecule has 0 saturated heterocycles. The fourth-order valence-corrected chi connectivity index (χ4v) is 14.5. The Morgan fingerprint density at radius 3 is 0.684 bits per heavy atom. The normalized spacial score (nSPS) is 11.4. The van der Waals surface area contributed by atoms with Crippen LogP contribution in [0.3, 0.4) is 0 Å². The van der Waals surface area contributed by atoms with Crippen molar-refractivity contribution in [2.45, 2.75) is 84.8 Å².